The number of hydrogen-bond donors (Lipinski definition) is 1. The Morgan fingerprint density at radius 3 is 2.81 bits per heavy atom. The van der Waals surface area contributed by atoms with Crippen LogP contribution in [0.2, 0.25) is 0 Å². The molecule has 36 heavy (non-hydrogen) atoms. The molecule has 0 spiro atoms. The molecule has 1 unspecified atom stereocenters. The normalized spacial score (nSPS) is 17.0. The van der Waals surface area contributed by atoms with Gasteiger partial charge >= 0.3 is 0 Å². The van der Waals surface area contributed by atoms with Crippen molar-refractivity contribution in [1.29, 1.82) is 0 Å². The highest BCUT2D eigenvalue weighted by molar-refractivity contribution is 5.64. The average molecular weight is 490 g/mol. The maximum atomic E-state index is 14.7. The van der Waals surface area contributed by atoms with Crippen LogP contribution in [0.1, 0.15) is 41.4 Å². The summed E-state index contributed by atoms with van der Waals surface area (Å²) in [7, 11) is 1.99. The first-order valence-electron chi connectivity index (χ1n) is 12.0. The van der Waals surface area contributed by atoms with Crippen LogP contribution in [0.5, 0.6) is 5.75 Å². The predicted molar refractivity (Wildman–Crippen MR) is 131 cm³/mol. The van der Waals surface area contributed by atoms with Gasteiger partial charge < -0.3 is 15.0 Å². The molecule has 1 aliphatic carbocycles. The third-order valence-electron chi connectivity index (χ3n) is 6.69. The van der Waals surface area contributed by atoms with Gasteiger partial charge in [0.2, 0.25) is 5.95 Å². The minimum absolute atomic E-state index is 0.263. The maximum absolute atomic E-state index is 14.7. The highest BCUT2D eigenvalue weighted by atomic mass is 19.1. The molecule has 8 nitrogen and oxygen atoms in total. The van der Waals surface area contributed by atoms with E-state index >= 15 is 0 Å². The van der Waals surface area contributed by atoms with Gasteiger partial charge in [-0.3, -0.25) is 0 Å². The number of nitrogens with zero attached hydrogens (tertiary/aromatic N) is 6. The van der Waals surface area contributed by atoms with Crippen molar-refractivity contribution in [3.8, 4) is 11.4 Å². The summed E-state index contributed by atoms with van der Waals surface area (Å²) in [5.74, 6) is 1.18. The lowest BCUT2D eigenvalue weighted by atomic mass is 9.96. The van der Waals surface area contributed by atoms with Gasteiger partial charge in [0.15, 0.2) is 0 Å². The molecule has 2 aliphatic rings. The Morgan fingerprint density at radius 1 is 1.11 bits per heavy atom. The van der Waals surface area contributed by atoms with Crippen LogP contribution in [0.25, 0.3) is 5.69 Å². The van der Waals surface area contributed by atoms with Crippen LogP contribution in [0.15, 0.2) is 42.7 Å². The van der Waals surface area contributed by atoms with Crippen LogP contribution >= 0.6 is 0 Å². The van der Waals surface area contributed by atoms with Gasteiger partial charge in [0, 0.05) is 42.9 Å². The summed E-state index contributed by atoms with van der Waals surface area (Å²) in [5.41, 5.74) is 3.78. The SMILES string of the molecule is Cc1ncn(-c2ccc3cc2OCCCN(C)c2nc(nc4c2CCC4c2ccc(F)cc2F)N3)n1. The predicted octanol–water partition coefficient (Wildman–Crippen LogP) is 4.68. The molecule has 3 heterocycles. The van der Waals surface area contributed by atoms with Crippen molar-refractivity contribution >= 4 is 17.5 Å². The van der Waals surface area contributed by atoms with Crippen molar-refractivity contribution < 1.29 is 13.5 Å². The number of ether oxygens (including phenoxy) is 1. The molecule has 1 aliphatic heterocycles. The Balaban J connectivity index is 1.43. The maximum Gasteiger partial charge on any atom is 0.229 e. The van der Waals surface area contributed by atoms with E-state index in [1.54, 1.807) is 11.0 Å². The number of halogens is 2. The van der Waals surface area contributed by atoms with E-state index in [1.165, 1.54) is 12.1 Å². The molecule has 184 valence electrons. The number of nitrogens with one attached hydrogen (secondary N) is 1. The molecule has 0 fully saturated rings. The van der Waals surface area contributed by atoms with Crippen molar-refractivity contribution in [3.05, 3.63) is 77.0 Å². The molecule has 0 radical (unpaired) electrons. The topological polar surface area (TPSA) is 81.0 Å². The van der Waals surface area contributed by atoms with Crippen LogP contribution in [0.4, 0.5) is 26.2 Å². The van der Waals surface area contributed by atoms with Crippen molar-refractivity contribution in [2.24, 2.45) is 0 Å². The van der Waals surface area contributed by atoms with Crippen molar-refractivity contribution in [1.82, 2.24) is 24.7 Å². The van der Waals surface area contributed by atoms with Crippen LogP contribution < -0.4 is 15.0 Å². The molecule has 4 aromatic rings. The summed E-state index contributed by atoms with van der Waals surface area (Å²) < 4.78 is 36.1. The van der Waals surface area contributed by atoms with Crippen LogP contribution in [-0.2, 0) is 6.42 Å². The number of benzene rings is 2. The standard InChI is InChI=1S/C26H25F2N7O/c1-15-29-14-35(33-15)22-9-5-17-13-23(22)36-11-3-10-34(2)25-20-8-7-19(24(20)31-26(30-17)32-25)18-6-4-16(27)12-21(18)28/h4-6,9,12-14,19H,3,7-8,10-11H2,1-2H3,(H,30,31,32). The Morgan fingerprint density at radius 2 is 2.00 bits per heavy atom. The van der Waals surface area contributed by atoms with E-state index in [2.05, 4.69) is 20.3 Å². The zero-order chi connectivity index (χ0) is 24.8. The second kappa shape index (κ2) is 8.85. The fourth-order valence-corrected chi connectivity index (χ4v) is 4.98. The van der Waals surface area contributed by atoms with E-state index in [1.807, 2.05) is 32.2 Å². The van der Waals surface area contributed by atoms with Crippen molar-refractivity contribution in [2.75, 3.05) is 30.4 Å². The van der Waals surface area contributed by atoms with E-state index < -0.39 is 11.6 Å². The molecule has 4 bridgehead atoms. The van der Waals surface area contributed by atoms with Crippen LogP contribution in [0, 0.1) is 18.6 Å². The quantitative estimate of drug-likeness (QED) is 0.438. The number of aryl methyl sites for hydroxylation is 1. The number of hydrogen-bond acceptors (Lipinski definition) is 7. The Bertz CT molecular complexity index is 1450. The highest BCUT2D eigenvalue weighted by Gasteiger charge is 2.32. The lowest BCUT2D eigenvalue weighted by molar-refractivity contribution is 0.311. The lowest BCUT2D eigenvalue weighted by Crippen LogP contribution is -2.24. The zero-order valence-electron chi connectivity index (χ0n) is 20.0. The fourth-order valence-electron chi connectivity index (χ4n) is 4.98. The molecular weight excluding hydrogens is 464 g/mol. The summed E-state index contributed by atoms with van der Waals surface area (Å²) >= 11 is 0. The highest BCUT2D eigenvalue weighted by Crippen LogP contribution is 2.42. The van der Waals surface area contributed by atoms with Gasteiger partial charge in [0.25, 0.3) is 0 Å². The van der Waals surface area contributed by atoms with Crippen molar-refractivity contribution in [3.63, 3.8) is 0 Å². The number of anilines is 3. The summed E-state index contributed by atoms with van der Waals surface area (Å²) in [6.07, 6.45) is 3.85. The largest absolute Gasteiger partial charge is 0.491 e. The van der Waals surface area contributed by atoms with Crippen molar-refractivity contribution in [2.45, 2.75) is 32.1 Å². The van der Waals surface area contributed by atoms with Gasteiger partial charge in [-0.25, -0.2) is 23.4 Å². The van der Waals surface area contributed by atoms with E-state index in [4.69, 9.17) is 14.7 Å². The third-order valence-corrected chi connectivity index (χ3v) is 6.69. The molecule has 6 rings (SSSR count). The van der Waals surface area contributed by atoms with E-state index in [9.17, 15) is 8.78 Å². The van der Waals surface area contributed by atoms with Crippen LogP contribution in [-0.4, -0.2) is 44.9 Å². The molecule has 0 saturated carbocycles. The molecule has 0 amide bonds. The summed E-state index contributed by atoms with van der Waals surface area (Å²) in [5, 5.41) is 7.72. The molecular formula is C26H25F2N7O. The second-order valence-corrected chi connectivity index (χ2v) is 9.16. The summed E-state index contributed by atoms with van der Waals surface area (Å²) in [6, 6.07) is 9.47. The molecule has 2 aromatic heterocycles. The molecule has 2 aromatic carbocycles. The monoisotopic (exact) mass is 489 g/mol. The zero-order valence-corrected chi connectivity index (χ0v) is 20.0. The number of aromatic nitrogens is 5. The molecule has 1 atom stereocenters. The lowest BCUT2D eigenvalue weighted by Gasteiger charge is -2.24. The average Bonchev–Trinajstić information content (AvgIpc) is 3.47. The smallest absolute Gasteiger partial charge is 0.229 e. The second-order valence-electron chi connectivity index (χ2n) is 9.16. The Labute approximate surface area is 207 Å². The van der Waals surface area contributed by atoms with Crippen LogP contribution in [0.3, 0.4) is 0 Å². The summed E-state index contributed by atoms with van der Waals surface area (Å²) in [4.78, 5) is 16.0. The van der Waals surface area contributed by atoms with E-state index in [-0.39, 0.29) is 5.92 Å². The first kappa shape index (κ1) is 22.4. The van der Waals surface area contributed by atoms with Gasteiger partial charge in [-0.2, -0.15) is 10.1 Å². The van der Waals surface area contributed by atoms with E-state index in [0.717, 1.165) is 53.9 Å². The van der Waals surface area contributed by atoms with Gasteiger partial charge in [0.1, 0.15) is 41.0 Å². The third kappa shape index (κ3) is 4.02. The minimum Gasteiger partial charge on any atom is -0.491 e. The first-order chi connectivity index (χ1) is 17.5. The molecule has 0 saturated heterocycles. The first-order valence-corrected chi connectivity index (χ1v) is 12.0. The Hall–Kier alpha value is -4.08. The van der Waals surface area contributed by atoms with Gasteiger partial charge in [-0.1, -0.05) is 6.07 Å². The molecule has 1 N–H and O–H groups in total. The van der Waals surface area contributed by atoms with Gasteiger partial charge in [-0.15, -0.1) is 0 Å². The van der Waals surface area contributed by atoms with Gasteiger partial charge in [0.05, 0.1) is 12.3 Å². The fraction of sp³-hybridized carbons (Fsp3) is 0.308. The number of rotatable bonds is 2. The van der Waals surface area contributed by atoms with E-state index in [0.29, 0.717) is 36.1 Å². The number of fused-ring (bicyclic) bond motifs is 6. The Kier molecular flexibility index (Phi) is 5.50. The minimum atomic E-state index is -0.586. The molecule has 10 heteroatoms. The van der Waals surface area contributed by atoms with Gasteiger partial charge in [-0.05, 0) is 49.9 Å². The summed E-state index contributed by atoms with van der Waals surface area (Å²) in [6.45, 7) is 3.07.